The van der Waals surface area contributed by atoms with E-state index < -0.39 is 5.82 Å². The third kappa shape index (κ3) is 3.61. The van der Waals surface area contributed by atoms with E-state index in [1.54, 1.807) is 23.2 Å². The highest BCUT2D eigenvalue weighted by molar-refractivity contribution is 6.08. The number of amides is 1. The molecular formula is C21H20FN3O2. The summed E-state index contributed by atoms with van der Waals surface area (Å²) in [5.41, 5.74) is 2.01. The molecular weight excluding hydrogens is 345 g/mol. The predicted octanol–water partition coefficient (Wildman–Crippen LogP) is 2.95. The fourth-order valence-electron chi connectivity index (χ4n) is 3.50. The van der Waals surface area contributed by atoms with Gasteiger partial charge in [-0.05, 0) is 24.3 Å². The van der Waals surface area contributed by atoms with Gasteiger partial charge in [0.1, 0.15) is 5.82 Å². The molecule has 1 N–H and O–H groups in total. The van der Waals surface area contributed by atoms with Gasteiger partial charge >= 0.3 is 0 Å². The lowest BCUT2D eigenvalue weighted by Gasteiger charge is -2.34. The Labute approximate surface area is 156 Å². The Hall–Kier alpha value is -2.99. The van der Waals surface area contributed by atoms with Crippen molar-refractivity contribution >= 4 is 22.6 Å². The summed E-state index contributed by atoms with van der Waals surface area (Å²) in [6, 6.07) is 13.5. The lowest BCUT2D eigenvalue weighted by molar-refractivity contribution is 0.0624. The molecule has 3 aromatic rings. The standard InChI is InChI=1S/C21H20FN3O2/c22-16-5-3-4-15(12-16)21(27)25-10-8-24(9-11-25)14-20(26)18-13-23-19-7-2-1-6-17(18)19/h1-7,12-13,23H,8-11,14H2. The molecule has 5 nitrogen and oxygen atoms in total. The van der Waals surface area contributed by atoms with Crippen LogP contribution in [0.4, 0.5) is 4.39 Å². The van der Waals surface area contributed by atoms with E-state index in [1.807, 2.05) is 24.3 Å². The minimum Gasteiger partial charge on any atom is -0.360 e. The molecule has 1 saturated heterocycles. The number of halogens is 1. The molecule has 0 aliphatic carbocycles. The Bertz CT molecular complexity index is 990. The van der Waals surface area contributed by atoms with Gasteiger partial charge in [0.25, 0.3) is 5.91 Å². The topological polar surface area (TPSA) is 56.4 Å². The van der Waals surface area contributed by atoms with E-state index in [0.29, 0.717) is 43.9 Å². The van der Waals surface area contributed by atoms with E-state index in [-0.39, 0.29) is 11.7 Å². The number of fused-ring (bicyclic) bond motifs is 1. The minimum absolute atomic E-state index is 0.0670. The lowest BCUT2D eigenvalue weighted by atomic mass is 10.1. The number of carbonyl (C=O) groups is 2. The zero-order valence-corrected chi connectivity index (χ0v) is 14.8. The second-order valence-corrected chi connectivity index (χ2v) is 6.75. The number of aromatic nitrogens is 1. The molecule has 0 saturated carbocycles. The number of nitrogens with one attached hydrogen (secondary N) is 1. The SMILES string of the molecule is O=C(CN1CCN(C(=O)c2cccc(F)c2)CC1)c1c[nH]c2ccccc12. The molecule has 0 unspecified atom stereocenters. The molecule has 1 aliphatic rings. The van der Waals surface area contributed by atoms with E-state index in [4.69, 9.17) is 0 Å². The van der Waals surface area contributed by atoms with Crippen LogP contribution in [0.2, 0.25) is 0 Å². The average Bonchev–Trinajstić information content (AvgIpc) is 3.12. The number of hydrogen-bond acceptors (Lipinski definition) is 3. The number of benzene rings is 2. The Morgan fingerprint density at radius 2 is 1.78 bits per heavy atom. The molecule has 1 aliphatic heterocycles. The number of aromatic amines is 1. The van der Waals surface area contributed by atoms with Crippen LogP contribution in [0, 0.1) is 5.82 Å². The van der Waals surface area contributed by atoms with Crippen molar-refractivity contribution < 1.29 is 14.0 Å². The lowest BCUT2D eigenvalue weighted by Crippen LogP contribution is -2.49. The molecule has 2 heterocycles. The van der Waals surface area contributed by atoms with Crippen LogP contribution in [0.3, 0.4) is 0 Å². The number of Topliss-reactive ketones (excluding diaryl/α,β-unsaturated/α-hetero) is 1. The van der Waals surface area contributed by atoms with E-state index in [0.717, 1.165) is 10.9 Å². The monoisotopic (exact) mass is 365 g/mol. The second-order valence-electron chi connectivity index (χ2n) is 6.75. The van der Waals surface area contributed by atoms with E-state index in [9.17, 15) is 14.0 Å². The molecule has 1 aromatic heterocycles. The summed E-state index contributed by atoms with van der Waals surface area (Å²) in [5, 5.41) is 0.933. The molecule has 1 amide bonds. The fourth-order valence-corrected chi connectivity index (χ4v) is 3.50. The maximum atomic E-state index is 13.3. The second kappa shape index (κ2) is 7.32. The highest BCUT2D eigenvalue weighted by Crippen LogP contribution is 2.19. The number of nitrogens with zero attached hydrogens (tertiary/aromatic N) is 2. The van der Waals surface area contributed by atoms with Crippen LogP contribution in [-0.2, 0) is 0 Å². The number of carbonyl (C=O) groups excluding carboxylic acids is 2. The molecule has 138 valence electrons. The maximum Gasteiger partial charge on any atom is 0.254 e. The Morgan fingerprint density at radius 3 is 2.56 bits per heavy atom. The Morgan fingerprint density at radius 1 is 1.00 bits per heavy atom. The molecule has 1 fully saturated rings. The first-order chi connectivity index (χ1) is 13.1. The summed E-state index contributed by atoms with van der Waals surface area (Å²) < 4.78 is 13.3. The summed E-state index contributed by atoms with van der Waals surface area (Å²) in [6.45, 7) is 2.61. The van der Waals surface area contributed by atoms with Crippen molar-refractivity contribution in [2.45, 2.75) is 0 Å². The number of para-hydroxylation sites is 1. The first kappa shape index (κ1) is 17.4. The predicted molar refractivity (Wildman–Crippen MR) is 101 cm³/mol. The number of hydrogen-bond donors (Lipinski definition) is 1. The van der Waals surface area contributed by atoms with Crippen molar-refractivity contribution in [2.75, 3.05) is 32.7 Å². The number of ketones is 1. The summed E-state index contributed by atoms with van der Waals surface area (Å²) in [4.78, 5) is 32.1. The third-order valence-corrected chi connectivity index (χ3v) is 4.99. The van der Waals surface area contributed by atoms with Crippen molar-refractivity contribution in [3.8, 4) is 0 Å². The first-order valence-electron chi connectivity index (χ1n) is 8.98. The molecule has 0 bridgehead atoms. The quantitative estimate of drug-likeness (QED) is 0.724. The third-order valence-electron chi connectivity index (χ3n) is 4.99. The van der Waals surface area contributed by atoms with Gasteiger partial charge in [-0.25, -0.2) is 4.39 Å². The molecule has 2 aromatic carbocycles. The Kier molecular flexibility index (Phi) is 4.73. The van der Waals surface area contributed by atoms with E-state index >= 15 is 0 Å². The normalized spacial score (nSPS) is 15.2. The van der Waals surface area contributed by atoms with Gasteiger partial charge in [-0.15, -0.1) is 0 Å². The van der Waals surface area contributed by atoms with Crippen LogP contribution in [-0.4, -0.2) is 59.2 Å². The van der Waals surface area contributed by atoms with Crippen LogP contribution < -0.4 is 0 Å². The van der Waals surface area contributed by atoms with Gasteiger partial charge in [0.15, 0.2) is 5.78 Å². The van der Waals surface area contributed by atoms with Gasteiger partial charge in [-0.1, -0.05) is 24.3 Å². The van der Waals surface area contributed by atoms with Gasteiger partial charge in [0, 0.05) is 54.4 Å². The van der Waals surface area contributed by atoms with Crippen LogP contribution in [0.25, 0.3) is 10.9 Å². The highest BCUT2D eigenvalue weighted by atomic mass is 19.1. The van der Waals surface area contributed by atoms with Crippen LogP contribution in [0.1, 0.15) is 20.7 Å². The van der Waals surface area contributed by atoms with Gasteiger partial charge < -0.3 is 9.88 Å². The summed E-state index contributed by atoms with van der Waals surface area (Å²) in [6.07, 6.45) is 1.76. The van der Waals surface area contributed by atoms with Crippen LogP contribution in [0.15, 0.2) is 54.7 Å². The van der Waals surface area contributed by atoms with Crippen LogP contribution >= 0.6 is 0 Å². The first-order valence-corrected chi connectivity index (χ1v) is 8.98. The zero-order valence-electron chi connectivity index (χ0n) is 14.8. The summed E-state index contributed by atoms with van der Waals surface area (Å²) in [7, 11) is 0. The molecule has 27 heavy (non-hydrogen) atoms. The van der Waals surface area contributed by atoms with Gasteiger partial charge in [0.2, 0.25) is 0 Å². The minimum atomic E-state index is -0.413. The average molecular weight is 365 g/mol. The van der Waals surface area contributed by atoms with E-state index in [1.165, 1.54) is 12.1 Å². The summed E-state index contributed by atoms with van der Waals surface area (Å²) >= 11 is 0. The number of H-pyrrole nitrogens is 1. The Balaban J connectivity index is 1.37. The van der Waals surface area contributed by atoms with Crippen LogP contribution in [0.5, 0.6) is 0 Å². The largest absolute Gasteiger partial charge is 0.360 e. The molecule has 6 heteroatoms. The highest BCUT2D eigenvalue weighted by Gasteiger charge is 2.24. The number of rotatable bonds is 4. The van der Waals surface area contributed by atoms with Gasteiger partial charge in [0.05, 0.1) is 6.54 Å². The zero-order chi connectivity index (χ0) is 18.8. The van der Waals surface area contributed by atoms with Crippen molar-refractivity contribution in [1.82, 2.24) is 14.8 Å². The van der Waals surface area contributed by atoms with Gasteiger partial charge in [-0.3, -0.25) is 14.5 Å². The summed E-state index contributed by atoms with van der Waals surface area (Å²) in [5.74, 6) is -0.515. The van der Waals surface area contributed by atoms with E-state index in [2.05, 4.69) is 9.88 Å². The fraction of sp³-hybridized carbons (Fsp3) is 0.238. The number of piperazine rings is 1. The van der Waals surface area contributed by atoms with Crippen molar-refractivity contribution in [3.05, 3.63) is 71.7 Å². The molecule has 4 rings (SSSR count). The van der Waals surface area contributed by atoms with Crippen molar-refractivity contribution in [3.63, 3.8) is 0 Å². The molecule has 0 atom stereocenters. The van der Waals surface area contributed by atoms with Crippen molar-refractivity contribution in [2.24, 2.45) is 0 Å². The van der Waals surface area contributed by atoms with Crippen molar-refractivity contribution in [1.29, 1.82) is 0 Å². The molecule has 0 radical (unpaired) electrons. The molecule has 0 spiro atoms. The smallest absolute Gasteiger partial charge is 0.254 e. The van der Waals surface area contributed by atoms with Gasteiger partial charge in [-0.2, -0.15) is 0 Å². The maximum absolute atomic E-state index is 13.3.